The van der Waals surface area contributed by atoms with E-state index in [4.69, 9.17) is 11.6 Å². The van der Waals surface area contributed by atoms with E-state index in [1.165, 1.54) is 11.1 Å². The molecule has 0 bridgehead atoms. The van der Waals surface area contributed by atoms with E-state index in [2.05, 4.69) is 31.2 Å². The van der Waals surface area contributed by atoms with Gasteiger partial charge in [-0.05, 0) is 28.1 Å². The topological polar surface area (TPSA) is 58.1 Å². The Morgan fingerprint density at radius 2 is 2.09 bits per heavy atom. The number of amides is 1. The van der Waals surface area contributed by atoms with E-state index in [0.717, 1.165) is 12.1 Å². The predicted molar refractivity (Wildman–Crippen MR) is 85.4 cm³/mol. The maximum atomic E-state index is 14.0. The normalized spacial score (nSPS) is 14.3. The predicted octanol–water partition coefficient (Wildman–Crippen LogP) is 3.52. The molecule has 23 heavy (non-hydrogen) atoms. The second kappa shape index (κ2) is 6.37. The van der Waals surface area contributed by atoms with Gasteiger partial charge < -0.3 is 5.32 Å². The Morgan fingerprint density at radius 1 is 1.35 bits per heavy atom. The lowest BCUT2D eigenvalue weighted by atomic mass is 10.2. The highest BCUT2D eigenvalue weighted by Gasteiger charge is 2.27. The fraction of sp³-hybridized carbons (Fsp3) is 0.214. The van der Waals surface area contributed by atoms with E-state index >= 15 is 0 Å². The molecule has 9 heteroatoms. The monoisotopic (exact) mass is 402 g/mol. The quantitative estimate of drug-likeness (QED) is 0.780. The molecule has 0 saturated heterocycles. The number of aromatic nitrogens is 2. The van der Waals surface area contributed by atoms with Gasteiger partial charge >= 0.3 is 0 Å². The molecule has 0 unspecified atom stereocenters. The van der Waals surface area contributed by atoms with Gasteiger partial charge in [0.15, 0.2) is 11.6 Å². The van der Waals surface area contributed by atoms with Crippen LogP contribution in [0.1, 0.15) is 12.0 Å². The summed E-state index contributed by atoms with van der Waals surface area (Å²) in [4.78, 5) is 22.0. The van der Waals surface area contributed by atoms with Crippen molar-refractivity contribution in [2.45, 2.75) is 13.0 Å². The second-order valence-corrected chi connectivity index (χ2v) is 6.03. The minimum atomic E-state index is -0.746. The van der Waals surface area contributed by atoms with Crippen LogP contribution in [-0.4, -0.2) is 22.4 Å². The molecule has 5 nitrogen and oxygen atoms in total. The SMILES string of the molecule is O=C1CCNc2ncc(Br)nc2N1Cc1c(F)ccc(F)c1Cl. The Labute approximate surface area is 143 Å². The molecule has 1 N–H and O–H groups in total. The molecule has 3 rings (SSSR count). The Hall–Kier alpha value is -1.80. The zero-order chi connectivity index (χ0) is 16.6. The number of benzene rings is 1. The van der Waals surface area contributed by atoms with E-state index < -0.39 is 11.6 Å². The smallest absolute Gasteiger partial charge is 0.230 e. The first kappa shape index (κ1) is 16.1. The van der Waals surface area contributed by atoms with Gasteiger partial charge in [0, 0.05) is 18.5 Å². The number of hydrogen-bond donors (Lipinski definition) is 1. The molecule has 0 radical (unpaired) electrons. The minimum absolute atomic E-state index is 0.102. The van der Waals surface area contributed by atoms with Crippen molar-refractivity contribution >= 4 is 45.1 Å². The number of nitrogens with zero attached hydrogens (tertiary/aromatic N) is 3. The summed E-state index contributed by atoms with van der Waals surface area (Å²) < 4.78 is 28.0. The molecule has 0 atom stereocenters. The maximum absolute atomic E-state index is 14.0. The number of rotatable bonds is 2. The maximum Gasteiger partial charge on any atom is 0.230 e. The lowest BCUT2D eigenvalue weighted by Crippen LogP contribution is -2.31. The van der Waals surface area contributed by atoms with Gasteiger partial charge in [0.05, 0.1) is 17.8 Å². The highest BCUT2D eigenvalue weighted by Crippen LogP contribution is 2.31. The van der Waals surface area contributed by atoms with E-state index in [1.807, 2.05) is 0 Å². The molecule has 1 amide bonds. The summed E-state index contributed by atoms with van der Waals surface area (Å²) in [7, 11) is 0. The van der Waals surface area contributed by atoms with Gasteiger partial charge in [-0.15, -0.1) is 0 Å². The van der Waals surface area contributed by atoms with Gasteiger partial charge in [0.25, 0.3) is 0 Å². The van der Waals surface area contributed by atoms with Crippen LogP contribution >= 0.6 is 27.5 Å². The van der Waals surface area contributed by atoms with Crippen molar-refractivity contribution in [3.05, 3.63) is 45.2 Å². The summed E-state index contributed by atoms with van der Waals surface area (Å²) in [5, 5.41) is 2.63. The van der Waals surface area contributed by atoms with Gasteiger partial charge in [-0.2, -0.15) is 0 Å². The van der Waals surface area contributed by atoms with Gasteiger partial charge in [-0.1, -0.05) is 11.6 Å². The van der Waals surface area contributed by atoms with Gasteiger partial charge in [0.1, 0.15) is 16.2 Å². The molecule has 0 saturated carbocycles. The summed E-state index contributed by atoms with van der Waals surface area (Å²) in [6, 6.07) is 1.92. The molecule has 0 aliphatic carbocycles. The van der Waals surface area contributed by atoms with Crippen molar-refractivity contribution in [1.29, 1.82) is 0 Å². The molecule has 1 aromatic heterocycles. The molecular weight excluding hydrogens is 394 g/mol. The largest absolute Gasteiger partial charge is 0.366 e. The lowest BCUT2D eigenvalue weighted by molar-refractivity contribution is -0.118. The van der Waals surface area contributed by atoms with Crippen molar-refractivity contribution in [2.75, 3.05) is 16.8 Å². The number of carbonyl (C=O) groups is 1. The molecule has 1 aliphatic heterocycles. The van der Waals surface area contributed by atoms with E-state index in [9.17, 15) is 13.6 Å². The number of halogens is 4. The van der Waals surface area contributed by atoms with Gasteiger partial charge in [-0.3, -0.25) is 9.69 Å². The number of fused-ring (bicyclic) bond motifs is 1. The summed E-state index contributed by atoms with van der Waals surface area (Å²) in [5.74, 6) is -1.09. The first-order valence-electron chi connectivity index (χ1n) is 6.66. The van der Waals surface area contributed by atoms with E-state index in [1.54, 1.807) is 0 Å². The molecule has 120 valence electrons. The molecule has 1 aliphatic rings. The summed E-state index contributed by atoms with van der Waals surface area (Å²) >= 11 is 9.04. The van der Waals surface area contributed by atoms with E-state index in [0.29, 0.717) is 17.0 Å². The third-order valence-electron chi connectivity index (χ3n) is 3.37. The second-order valence-electron chi connectivity index (χ2n) is 4.84. The third kappa shape index (κ3) is 3.13. The number of nitrogens with one attached hydrogen (secondary N) is 1. The molecule has 0 spiro atoms. The summed E-state index contributed by atoms with van der Waals surface area (Å²) in [6.07, 6.45) is 1.65. The first-order chi connectivity index (χ1) is 11.0. The highest BCUT2D eigenvalue weighted by molar-refractivity contribution is 9.10. The van der Waals surface area contributed by atoms with Crippen LogP contribution < -0.4 is 10.2 Å². The Balaban J connectivity index is 2.07. The number of carbonyl (C=O) groups excluding carboxylic acids is 1. The Morgan fingerprint density at radius 3 is 2.87 bits per heavy atom. The van der Waals surface area contributed by atoms with Crippen LogP contribution in [0.5, 0.6) is 0 Å². The third-order valence-corrected chi connectivity index (χ3v) is 4.16. The Bertz CT molecular complexity index is 790. The molecule has 2 heterocycles. The van der Waals surface area contributed by atoms with Crippen molar-refractivity contribution in [3.8, 4) is 0 Å². The van der Waals surface area contributed by atoms with Crippen LogP contribution in [-0.2, 0) is 11.3 Å². The fourth-order valence-electron chi connectivity index (χ4n) is 2.25. The Kier molecular flexibility index (Phi) is 4.45. The lowest BCUT2D eigenvalue weighted by Gasteiger charge is -2.22. The van der Waals surface area contributed by atoms with Crippen LogP contribution in [0.3, 0.4) is 0 Å². The molecule has 0 fully saturated rings. The fourth-order valence-corrected chi connectivity index (χ4v) is 2.73. The van der Waals surface area contributed by atoms with E-state index in [-0.39, 0.29) is 35.3 Å². The summed E-state index contributed by atoms with van der Waals surface area (Å²) in [5.41, 5.74) is -0.102. The zero-order valence-corrected chi connectivity index (χ0v) is 14.0. The van der Waals surface area contributed by atoms with Crippen molar-refractivity contribution in [1.82, 2.24) is 9.97 Å². The average Bonchev–Trinajstić information content (AvgIpc) is 2.67. The van der Waals surface area contributed by atoms with Crippen LogP contribution in [0.25, 0.3) is 0 Å². The number of hydrogen-bond acceptors (Lipinski definition) is 4. The molecule has 2 aromatic rings. The van der Waals surface area contributed by atoms with Crippen molar-refractivity contribution in [3.63, 3.8) is 0 Å². The van der Waals surface area contributed by atoms with Crippen molar-refractivity contribution in [2.24, 2.45) is 0 Å². The minimum Gasteiger partial charge on any atom is -0.366 e. The summed E-state index contributed by atoms with van der Waals surface area (Å²) in [6.45, 7) is 0.138. The zero-order valence-electron chi connectivity index (χ0n) is 11.6. The average molecular weight is 404 g/mol. The van der Waals surface area contributed by atoms with Crippen LogP contribution in [0, 0.1) is 11.6 Å². The number of anilines is 2. The molecular formula is C14H10BrClF2N4O. The standard InChI is InChI=1S/C14H10BrClF2N4O/c15-10-5-20-13-14(21-10)22(11(23)3-4-19-13)6-7-8(17)1-2-9(18)12(7)16/h1-2,5H,3-4,6H2,(H,19,20). The highest BCUT2D eigenvalue weighted by atomic mass is 79.9. The van der Waals surface area contributed by atoms with Crippen LogP contribution in [0.4, 0.5) is 20.4 Å². The van der Waals surface area contributed by atoms with Gasteiger partial charge in [0.2, 0.25) is 5.91 Å². The van der Waals surface area contributed by atoms with Crippen LogP contribution in [0.2, 0.25) is 5.02 Å². The van der Waals surface area contributed by atoms with Gasteiger partial charge in [-0.25, -0.2) is 18.7 Å². The van der Waals surface area contributed by atoms with Crippen LogP contribution in [0.15, 0.2) is 22.9 Å². The van der Waals surface area contributed by atoms with Crippen molar-refractivity contribution < 1.29 is 13.6 Å². The molecule has 1 aromatic carbocycles. The first-order valence-corrected chi connectivity index (χ1v) is 7.83.